The number of aromatic carboxylic acids is 1. The molecule has 0 aliphatic carbocycles. The van der Waals surface area contributed by atoms with E-state index in [1.54, 1.807) is 0 Å². The maximum Gasteiger partial charge on any atom is 0.338 e. The van der Waals surface area contributed by atoms with Gasteiger partial charge in [0.2, 0.25) is 5.91 Å². The number of nitrogens with one attached hydrogen (secondary N) is 2. The Morgan fingerprint density at radius 3 is 2.46 bits per heavy atom. The van der Waals surface area contributed by atoms with E-state index in [9.17, 15) is 24.5 Å². The molecule has 134 valence electrons. The molecule has 0 bridgehead atoms. The van der Waals surface area contributed by atoms with E-state index >= 15 is 0 Å². The maximum atomic E-state index is 11.9. The van der Waals surface area contributed by atoms with Crippen molar-refractivity contribution in [1.82, 2.24) is 15.8 Å². The number of nitro benzene ring substituents is 1. The molecule has 0 aliphatic heterocycles. The zero-order valence-corrected chi connectivity index (χ0v) is 13.9. The van der Waals surface area contributed by atoms with Crippen molar-refractivity contribution < 1.29 is 24.4 Å². The molecule has 2 rings (SSSR count). The number of aromatic nitrogens is 1. The lowest BCUT2D eigenvalue weighted by molar-refractivity contribution is -0.384. The Bertz CT molecular complexity index is 855. The van der Waals surface area contributed by atoms with Crippen molar-refractivity contribution in [2.45, 2.75) is 5.03 Å². The van der Waals surface area contributed by atoms with Gasteiger partial charge in [-0.05, 0) is 24.3 Å². The van der Waals surface area contributed by atoms with Crippen molar-refractivity contribution in [2.75, 3.05) is 5.75 Å². The highest BCUT2D eigenvalue weighted by Crippen LogP contribution is 2.19. The number of hydrogen-bond donors (Lipinski definition) is 3. The summed E-state index contributed by atoms with van der Waals surface area (Å²) < 4.78 is 0. The summed E-state index contributed by atoms with van der Waals surface area (Å²) in [5.41, 5.74) is 4.27. The predicted octanol–water partition coefficient (Wildman–Crippen LogP) is 1.24. The third kappa shape index (κ3) is 5.01. The Kier molecular flexibility index (Phi) is 6.22. The summed E-state index contributed by atoms with van der Waals surface area (Å²) in [6.07, 6.45) is 1.41. The van der Waals surface area contributed by atoms with Gasteiger partial charge in [0, 0.05) is 23.9 Å². The highest BCUT2D eigenvalue weighted by molar-refractivity contribution is 8.00. The van der Waals surface area contributed by atoms with Crippen LogP contribution in [0, 0.1) is 10.1 Å². The molecule has 0 unspecified atom stereocenters. The topological polar surface area (TPSA) is 152 Å². The molecule has 0 radical (unpaired) electrons. The second kappa shape index (κ2) is 8.58. The van der Waals surface area contributed by atoms with Crippen molar-refractivity contribution in [2.24, 2.45) is 0 Å². The minimum atomic E-state index is -1.16. The van der Waals surface area contributed by atoms with E-state index in [1.165, 1.54) is 42.6 Å². The summed E-state index contributed by atoms with van der Waals surface area (Å²) in [7, 11) is 0. The second-order valence-corrected chi connectivity index (χ2v) is 5.72. The zero-order valence-electron chi connectivity index (χ0n) is 13.0. The number of carbonyl (C=O) groups excluding carboxylic acids is 2. The molecule has 0 aliphatic rings. The number of carboxylic acid groups (broad SMARTS) is 1. The van der Waals surface area contributed by atoms with Crippen LogP contribution in [0.3, 0.4) is 0 Å². The Balaban J connectivity index is 1.86. The molecule has 0 spiro atoms. The van der Waals surface area contributed by atoms with Crippen LogP contribution in [-0.4, -0.2) is 38.6 Å². The van der Waals surface area contributed by atoms with Crippen LogP contribution in [0.4, 0.5) is 5.69 Å². The smallest absolute Gasteiger partial charge is 0.338 e. The van der Waals surface area contributed by atoms with Gasteiger partial charge in [-0.1, -0.05) is 11.8 Å². The quantitative estimate of drug-likeness (QED) is 0.387. The second-order valence-electron chi connectivity index (χ2n) is 4.76. The molecular formula is C15H12N4O6S. The number of pyridine rings is 1. The summed E-state index contributed by atoms with van der Waals surface area (Å²) >= 11 is 0.906. The van der Waals surface area contributed by atoms with Crippen LogP contribution in [0.5, 0.6) is 0 Å². The van der Waals surface area contributed by atoms with E-state index in [0.29, 0.717) is 0 Å². The van der Waals surface area contributed by atoms with Crippen LogP contribution in [0.1, 0.15) is 20.7 Å². The summed E-state index contributed by atoms with van der Waals surface area (Å²) in [6, 6.07) is 7.68. The molecule has 0 atom stereocenters. The molecule has 3 N–H and O–H groups in total. The van der Waals surface area contributed by atoms with Gasteiger partial charge in [-0.25, -0.2) is 9.78 Å². The summed E-state index contributed by atoms with van der Waals surface area (Å²) in [5, 5.41) is 19.8. The zero-order chi connectivity index (χ0) is 19.1. The maximum absolute atomic E-state index is 11.9. The first-order valence-corrected chi connectivity index (χ1v) is 8.02. The molecule has 1 aromatic heterocycles. The number of benzene rings is 1. The fourth-order valence-electron chi connectivity index (χ4n) is 1.77. The normalized spacial score (nSPS) is 10.0. The number of thioether (sulfide) groups is 1. The SMILES string of the molecule is O=C(CSc1ncccc1C(=O)O)NNC(=O)c1ccc([N+](=O)[O-])cc1. The first-order chi connectivity index (χ1) is 12.4. The van der Waals surface area contributed by atoms with Gasteiger partial charge in [0.15, 0.2) is 0 Å². The van der Waals surface area contributed by atoms with Crippen LogP contribution < -0.4 is 10.9 Å². The van der Waals surface area contributed by atoms with E-state index < -0.39 is 22.7 Å². The largest absolute Gasteiger partial charge is 0.478 e. The fraction of sp³-hybridized carbons (Fsp3) is 0.0667. The van der Waals surface area contributed by atoms with Gasteiger partial charge < -0.3 is 5.11 Å². The van der Waals surface area contributed by atoms with E-state index in [1.807, 2.05) is 0 Å². The molecule has 0 saturated carbocycles. The number of non-ortho nitro benzene ring substituents is 1. The minimum Gasteiger partial charge on any atom is -0.478 e. The van der Waals surface area contributed by atoms with Crippen molar-refractivity contribution >= 4 is 35.2 Å². The van der Waals surface area contributed by atoms with E-state index in [4.69, 9.17) is 5.11 Å². The summed E-state index contributed by atoms with van der Waals surface area (Å²) in [5.74, 6) is -2.56. The lowest BCUT2D eigenvalue weighted by Crippen LogP contribution is -2.42. The average molecular weight is 376 g/mol. The number of nitro groups is 1. The number of carbonyl (C=O) groups is 3. The molecule has 10 nitrogen and oxygen atoms in total. The molecule has 11 heteroatoms. The third-order valence-electron chi connectivity index (χ3n) is 3.00. The number of nitrogens with zero attached hydrogens (tertiary/aromatic N) is 2. The van der Waals surface area contributed by atoms with Crippen LogP contribution in [0.15, 0.2) is 47.6 Å². The van der Waals surface area contributed by atoms with Gasteiger partial charge in [0.05, 0.1) is 16.2 Å². The number of rotatable bonds is 6. The van der Waals surface area contributed by atoms with Crippen molar-refractivity contribution in [3.8, 4) is 0 Å². The Morgan fingerprint density at radius 1 is 1.15 bits per heavy atom. The molecular weight excluding hydrogens is 364 g/mol. The van der Waals surface area contributed by atoms with Crippen molar-refractivity contribution in [3.05, 3.63) is 63.8 Å². The van der Waals surface area contributed by atoms with E-state index in [-0.39, 0.29) is 27.6 Å². The first-order valence-electron chi connectivity index (χ1n) is 7.03. The lowest BCUT2D eigenvalue weighted by Gasteiger charge is -2.08. The van der Waals surface area contributed by atoms with Crippen molar-refractivity contribution in [3.63, 3.8) is 0 Å². The Labute approximate surface area is 150 Å². The highest BCUT2D eigenvalue weighted by Gasteiger charge is 2.14. The molecule has 2 aromatic rings. The molecule has 26 heavy (non-hydrogen) atoms. The van der Waals surface area contributed by atoms with E-state index in [2.05, 4.69) is 15.8 Å². The standard InChI is InChI=1S/C15H12N4O6S/c20-12(8-26-14-11(15(22)23)2-1-7-16-14)17-18-13(21)9-3-5-10(6-4-9)19(24)25/h1-7H,8H2,(H,17,20)(H,18,21)(H,22,23). The van der Waals surface area contributed by atoms with Crippen LogP contribution in [0.25, 0.3) is 0 Å². The third-order valence-corrected chi connectivity index (χ3v) is 4.00. The van der Waals surface area contributed by atoms with Crippen LogP contribution in [-0.2, 0) is 4.79 Å². The molecule has 1 heterocycles. The van der Waals surface area contributed by atoms with Gasteiger partial charge in [-0.3, -0.25) is 30.6 Å². The first kappa shape index (κ1) is 18.9. The summed E-state index contributed by atoms with van der Waals surface area (Å²) in [6.45, 7) is 0. The summed E-state index contributed by atoms with van der Waals surface area (Å²) in [4.78, 5) is 48.5. The van der Waals surface area contributed by atoms with Crippen LogP contribution >= 0.6 is 11.8 Å². The highest BCUT2D eigenvalue weighted by atomic mass is 32.2. The van der Waals surface area contributed by atoms with Gasteiger partial charge in [0.25, 0.3) is 11.6 Å². The molecule has 2 amide bonds. The number of amides is 2. The van der Waals surface area contributed by atoms with Crippen LogP contribution in [0.2, 0.25) is 0 Å². The molecule has 0 fully saturated rings. The number of carboxylic acids is 1. The molecule has 0 saturated heterocycles. The Hall–Kier alpha value is -3.47. The number of hydrogen-bond acceptors (Lipinski definition) is 7. The predicted molar refractivity (Wildman–Crippen MR) is 90.6 cm³/mol. The van der Waals surface area contributed by atoms with E-state index in [0.717, 1.165) is 11.8 Å². The lowest BCUT2D eigenvalue weighted by atomic mass is 10.2. The molecule has 1 aromatic carbocycles. The monoisotopic (exact) mass is 376 g/mol. The Morgan fingerprint density at radius 2 is 1.85 bits per heavy atom. The minimum absolute atomic E-state index is 0.0276. The fourth-order valence-corrected chi connectivity index (χ4v) is 2.56. The van der Waals surface area contributed by atoms with Gasteiger partial charge in [0.1, 0.15) is 5.03 Å². The van der Waals surface area contributed by atoms with Gasteiger partial charge in [-0.2, -0.15) is 0 Å². The van der Waals surface area contributed by atoms with Crippen molar-refractivity contribution in [1.29, 1.82) is 0 Å². The number of hydrazine groups is 1. The van der Waals surface area contributed by atoms with Gasteiger partial charge >= 0.3 is 5.97 Å². The van der Waals surface area contributed by atoms with Gasteiger partial charge in [-0.15, -0.1) is 0 Å². The average Bonchev–Trinajstić information content (AvgIpc) is 2.64.